The summed E-state index contributed by atoms with van der Waals surface area (Å²) in [6, 6.07) is -0.765. The van der Waals surface area contributed by atoms with Crippen LogP contribution in [0.15, 0.2) is 24.3 Å². The highest BCUT2D eigenvalue weighted by molar-refractivity contribution is 7.47. The van der Waals surface area contributed by atoms with Crippen LogP contribution in [0.3, 0.4) is 0 Å². The van der Waals surface area contributed by atoms with Crippen molar-refractivity contribution >= 4 is 13.7 Å². The fourth-order valence-corrected chi connectivity index (χ4v) is 7.11. The Bertz CT molecular complexity index is 922. The lowest BCUT2D eigenvalue weighted by molar-refractivity contribution is -0.870. The van der Waals surface area contributed by atoms with Crippen LogP contribution in [0, 0.1) is 0 Å². The van der Waals surface area contributed by atoms with Crippen LogP contribution in [-0.4, -0.2) is 73.4 Å². The molecule has 3 atom stereocenters. The molecule has 3 unspecified atom stereocenters. The zero-order chi connectivity index (χ0) is 39.3. The third-order valence-electron chi connectivity index (χ3n) is 9.95. The summed E-state index contributed by atoms with van der Waals surface area (Å²) < 4.78 is 23.6. The smallest absolute Gasteiger partial charge is 0.391 e. The molecule has 1 amide bonds. The van der Waals surface area contributed by atoms with Gasteiger partial charge in [0.1, 0.15) is 13.2 Å². The van der Waals surface area contributed by atoms with Crippen LogP contribution in [0.1, 0.15) is 200 Å². The molecule has 0 radical (unpaired) electrons. The summed E-state index contributed by atoms with van der Waals surface area (Å²) in [6.45, 7) is 4.85. The number of amides is 1. The summed E-state index contributed by atoms with van der Waals surface area (Å²) in [5.41, 5.74) is 0. The van der Waals surface area contributed by atoms with Gasteiger partial charge in [-0.3, -0.25) is 13.8 Å². The number of nitrogens with one attached hydrogen (secondary N) is 1. The quantitative estimate of drug-likeness (QED) is 0.0248. The van der Waals surface area contributed by atoms with Gasteiger partial charge in [-0.1, -0.05) is 173 Å². The number of unbranched alkanes of at least 4 members (excludes halogenated alkanes) is 23. The SMILES string of the molecule is CCCCC/C=C\C/C=C\CCCCCCCC(=O)NC(COP(=O)(O)OCC[N+](C)(C)C)C(O)CCCCCCCCCCCCCCCCCC. The molecule has 3 N–H and O–H groups in total. The molecule has 0 bridgehead atoms. The minimum absolute atomic E-state index is 0.0723. The van der Waals surface area contributed by atoms with Gasteiger partial charge in [0.2, 0.25) is 5.91 Å². The maximum atomic E-state index is 12.9. The molecule has 0 heterocycles. The van der Waals surface area contributed by atoms with Gasteiger partial charge in [-0.25, -0.2) is 4.57 Å². The van der Waals surface area contributed by atoms with Crippen molar-refractivity contribution in [3.05, 3.63) is 24.3 Å². The normalized spacial score (nSPS) is 14.6. The number of likely N-dealkylation sites (N-methyl/N-ethyl adjacent to an activating group) is 1. The van der Waals surface area contributed by atoms with E-state index < -0.39 is 20.0 Å². The van der Waals surface area contributed by atoms with Crippen LogP contribution in [0.2, 0.25) is 0 Å². The van der Waals surface area contributed by atoms with E-state index in [1.54, 1.807) is 0 Å². The minimum atomic E-state index is -4.31. The minimum Gasteiger partial charge on any atom is -0.391 e. The second-order valence-corrected chi connectivity index (χ2v) is 17.9. The Morgan fingerprint density at radius 3 is 1.58 bits per heavy atom. The number of rotatable bonds is 40. The largest absolute Gasteiger partial charge is 0.472 e. The molecule has 0 spiro atoms. The van der Waals surface area contributed by atoms with Gasteiger partial charge in [-0.15, -0.1) is 0 Å². The monoisotopic (exact) mass is 772 g/mol. The summed E-state index contributed by atoms with van der Waals surface area (Å²) in [4.78, 5) is 23.1. The highest BCUT2D eigenvalue weighted by atomic mass is 31.2. The molecule has 8 nitrogen and oxygen atoms in total. The van der Waals surface area contributed by atoms with Crippen LogP contribution in [0.4, 0.5) is 0 Å². The van der Waals surface area contributed by atoms with Crippen molar-refractivity contribution in [2.24, 2.45) is 0 Å². The molecule has 0 aromatic heterocycles. The number of carbonyl (C=O) groups is 1. The summed E-state index contributed by atoms with van der Waals surface area (Å²) in [6.07, 6.45) is 41.9. The van der Waals surface area contributed by atoms with Crippen LogP contribution in [0.25, 0.3) is 0 Å². The number of hydrogen-bond acceptors (Lipinski definition) is 5. The lowest BCUT2D eigenvalue weighted by Gasteiger charge is -2.26. The molecule has 9 heteroatoms. The lowest BCUT2D eigenvalue weighted by Crippen LogP contribution is -2.46. The number of nitrogens with zero attached hydrogens (tertiary/aromatic N) is 1. The maximum absolute atomic E-state index is 12.9. The second-order valence-electron chi connectivity index (χ2n) is 16.4. The first-order chi connectivity index (χ1) is 25.5. The van der Waals surface area contributed by atoms with E-state index in [4.69, 9.17) is 9.05 Å². The summed E-state index contributed by atoms with van der Waals surface area (Å²) in [7, 11) is 1.61. The van der Waals surface area contributed by atoms with Gasteiger partial charge in [-0.2, -0.15) is 0 Å². The third kappa shape index (κ3) is 39.0. The Morgan fingerprint density at radius 2 is 1.08 bits per heavy atom. The molecule has 0 aromatic rings. The molecule has 0 aromatic carbocycles. The van der Waals surface area contributed by atoms with Crippen molar-refractivity contribution in [3.63, 3.8) is 0 Å². The predicted octanol–water partition coefficient (Wildman–Crippen LogP) is 12.1. The number of aliphatic hydroxyl groups excluding tert-OH is 1. The summed E-state index contributed by atoms with van der Waals surface area (Å²) in [5, 5.41) is 13.9. The van der Waals surface area contributed by atoms with Gasteiger partial charge < -0.3 is 19.8 Å². The zero-order valence-electron chi connectivity index (χ0n) is 35.5. The number of carbonyl (C=O) groups excluding carboxylic acids is 1. The Balaban J connectivity index is 4.39. The molecule has 53 heavy (non-hydrogen) atoms. The van der Waals surface area contributed by atoms with Crippen LogP contribution >= 0.6 is 7.82 Å². The van der Waals surface area contributed by atoms with Gasteiger partial charge in [0.25, 0.3) is 0 Å². The van der Waals surface area contributed by atoms with Crippen LogP contribution in [-0.2, 0) is 18.4 Å². The van der Waals surface area contributed by atoms with Crippen LogP contribution < -0.4 is 5.32 Å². The molecule has 0 fully saturated rings. The van der Waals surface area contributed by atoms with E-state index in [9.17, 15) is 19.4 Å². The second kappa shape index (κ2) is 36.6. The maximum Gasteiger partial charge on any atom is 0.472 e. The fraction of sp³-hybridized carbons (Fsp3) is 0.886. The predicted molar refractivity (Wildman–Crippen MR) is 226 cm³/mol. The van der Waals surface area contributed by atoms with E-state index in [0.29, 0.717) is 23.9 Å². The number of hydrogen-bond donors (Lipinski definition) is 3. The van der Waals surface area contributed by atoms with Crippen molar-refractivity contribution in [2.45, 2.75) is 212 Å². The Morgan fingerprint density at radius 1 is 0.642 bits per heavy atom. The molecule has 0 rings (SSSR count). The molecule has 0 aliphatic heterocycles. The topological polar surface area (TPSA) is 105 Å². The van der Waals surface area contributed by atoms with E-state index >= 15 is 0 Å². The molecule has 0 aliphatic rings. The molecule has 0 aliphatic carbocycles. The Labute approximate surface area is 328 Å². The van der Waals surface area contributed by atoms with Crippen molar-refractivity contribution in [2.75, 3.05) is 40.9 Å². The molecule has 0 saturated heterocycles. The van der Waals surface area contributed by atoms with Crippen molar-refractivity contribution in [3.8, 4) is 0 Å². The average molecular weight is 772 g/mol. The average Bonchev–Trinajstić information content (AvgIpc) is 3.10. The Kier molecular flexibility index (Phi) is 35.9. The first-order valence-electron chi connectivity index (χ1n) is 22.2. The van der Waals surface area contributed by atoms with E-state index in [2.05, 4.69) is 43.5 Å². The first-order valence-corrected chi connectivity index (χ1v) is 23.7. The molecule has 0 saturated carbocycles. The standard InChI is InChI=1S/C44H87N2O6P/c1-6-8-10-12-14-16-18-20-22-24-25-27-29-31-33-35-37-43(47)42(41-52-53(49,50)51-40-39-46(3,4)5)45-44(48)38-36-34-32-30-28-26-23-21-19-17-15-13-11-9-7-2/h15,17,21,23,42-43,47H,6-14,16,18-20,22,24-41H2,1-5H3,(H-,45,48,49,50)/p+1/b17-15-,23-21-. The first kappa shape index (κ1) is 52.0. The summed E-state index contributed by atoms with van der Waals surface area (Å²) in [5.74, 6) is -0.158. The van der Waals surface area contributed by atoms with E-state index in [1.807, 2.05) is 21.1 Å². The molecular weight excluding hydrogens is 683 g/mol. The van der Waals surface area contributed by atoms with Gasteiger partial charge in [-0.05, 0) is 44.9 Å². The van der Waals surface area contributed by atoms with E-state index in [0.717, 1.165) is 64.2 Å². The lowest BCUT2D eigenvalue weighted by atomic mass is 10.0. The van der Waals surface area contributed by atoms with Crippen molar-refractivity contribution in [1.82, 2.24) is 5.32 Å². The summed E-state index contributed by atoms with van der Waals surface area (Å²) >= 11 is 0. The van der Waals surface area contributed by atoms with Gasteiger partial charge in [0.15, 0.2) is 0 Å². The number of phosphoric ester groups is 1. The number of quaternary nitrogens is 1. The number of aliphatic hydroxyl groups is 1. The molecular formula is C44H88N2O6P+. The van der Waals surface area contributed by atoms with Gasteiger partial charge in [0.05, 0.1) is 39.9 Å². The van der Waals surface area contributed by atoms with Gasteiger partial charge >= 0.3 is 7.82 Å². The highest BCUT2D eigenvalue weighted by Crippen LogP contribution is 2.43. The molecule has 314 valence electrons. The highest BCUT2D eigenvalue weighted by Gasteiger charge is 2.28. The van der Waals surface area contributed by atoms with Gasteiger partial charge in [0, 0.05) is 6.42 Å². The fourth-order valence-electron chi connectivity index (χ4n) is 6.37. The van der Waals surface area contributed by atoms with E-state index in [1.165, 1.54) is 109 Å². The number of phosphoric acid groups is 1. The number of allylic oxidation sites excluding steroid dienone is 4. The van der Waals surface area contributed by atoms with Crippen molar-refractivity contribution < 1.29 is 32.9 Å². The zero-order valence-corrected chi connectivity index (χ0v) is 36.4. The van der Waals surface area contributed by atoms with E-state index in [-0.39, 0.29) is 19.1 Å². The Hall–Kier alpha value is -1.02. The van der Waals surface area contributed by atoms with Crippen molar-refractivity contribution in [1.29, 1.82) is 0 Å². The van der Waals surface area contributed by atoms with Crippen LogP contribution in [0.5, 0.6) is 0 Å². The third-order valence-corrected chi connectivity index (χ3v) is 10.9.